The highest BCUT2D eigenvalue weighted by Gasteiger charge is 2.17. The van der Waals surface area contributed by atoms with Gasteiger partial charge in [-0.2, -0.15) is 0 Å². The number of nitrogen functional groups attached to an aromatic ring is 1. The van der Waals surface area contributed by atoms with Crippen LogP contribution in [0.4, 0.5) is 11.4 Å². The molecule has 98 valence electrons. The minimum Gasteiger partial charge on any atom is -0.490 e. The largest absolute Gasteiger partial charge is 0.490 e. The first kappa shape index (κ1) is 12.9. The molecule has 2 aromatic carbocycles. The van der Waals surface area contributed by atoms with Crippen LogP contribution in [0.2, 0.25) is 0 Å². The highest BCUT2D eigenvalue weighted by atomic mass is 16.6. The zero-order chi connectivity index (χ0) is 13.8. The minimum atomic E-state index is -0.499. The lowest BCUT2D eigenvalue weighted by Crippen LogP contribution is -2.01. The average molecular weight is 258 g/mol. The van der Waals surface area contributed by atoms with Crippen molar-refractivity contribution in [3.8, 4) is 5.75 Å². The SMILES string of the molecule is COc1cc(Cc2ccccc2)c(N)cc1[N+](=O)[O-]. The number of nitro benzene ring substituents is 1. The lowest BCUT2D eigenvalue weighted by molar-refractivity contribution is -0.385. The second-order valence-electron chi connectivity index (χ2n) is 4.14. The summed E-state index contributed by atoms with van der Waals surface area (Å²) < 4.78 is 5.04. The van der Waals surface area contributed by atoms with Gasteiger partial charge in [0.15, 0.2) is 5.75 Å². The molecule has 0 aliphatic rings. The highest BCUT2D eigenvalue weighted by Crippen LogP contribution is 2.32. The zero-order valence-electron chi connectivity index (χ0n) is 10.5. The molecule has 0 aliphatic carbocycles. The van der Waals surface area contributed by atoms with Gasteiger partial charge >= 0.3 is 5.69 Å². The summed E-state index contributed by atoms with van der Waals surface area (Å²) in [5.41, 5.74) is 8.06. The standard InChI is InChI=1S/C14H14N2O3/c1-19-14-8-11(7-10-5-3-2-4-6-10)12(15)9-13(14)16(17)18/h2-6,8-9H,7,15H2,1H3. The van der Waals surface area contributed by atoms with Gasteiger partial charge in [0, 0.05) is 11.8 Å². The van der Waals surface area contributed by atoms with Crippen LogP contribution in [0.3, 0.4) is 0 Å². The molecule has 2 rings (SSSR count). The molecule has 0 aromatic heterocycles. The zero-order valence-corrected chi connectivity index (χ0v) is 10.5. The van der Waals surface area contributed by atoms with E-state index in [2.05, 4.69) is 0 Å². The number of hydrogen-bond donors (Lipinski definition) is 1. The molecule has 0 heterocycles. The van der Waals surface area contributed by atoms with Crippen LogP contribution in [0.15, 0.2) is 42.5 Å². The van der Waals surface area contributed by atoms with Crippen LogP contribution in [-0.4, -0.2) is 12.0 Å². The fourth-order valence-electron chi connectivity index (χ4n) is 1.90. The van der Waals surface area contributed by atoms with E-state index in [1.165, 1.54) is 13.2 Å². The molecular formula is C14H14N2O3. The third kappa shape index (κ3) is 2.82. The Kier molecular flexibility index (Phi) is 3.66. The number of benzene rings is 2. The van der Waals surface area contributed by atoms with Gasteiger partial charge in [-0.25, -0.2) is 0 Å². The van der Waals surface area contributed by atoms with E-state index in [4.69, 9.17) is 10.5 Å². The third-order valence-corrected chi connectivity index (χ3v) is 2.87. The maximum absolute atomic E-state index is 10.9. The van der Waals surface area contributed by atoms with Crippen LogP contribution in [0.5, 0.6) is 5.75 Å². The number of hydrogen-bond acceptors (Lipinski definition) is 4. The Morgan fingerprint density at radius 2 is 1.95 bits per heavy atom. The van der Waals surface area contributed by atoms with Crippen molar-refractivity contribution < 1.29 is 9.66 Å². The number of nitrogens with two attached hydrogens (primary N) is 1. The number of rotatable bonds is 4. The Hall–Kier alpha value is -2.56. The summed E-state index contributed by atoms with van der Waals surface area (Å²) in [5.74, 6) is 0.227. The quantitative estimate of drug-likeness (QED) is 0.519. The smallest absolute Gasteiger partial charge is 0.312 e. The van der Waals surface area contributed by atoms with Gasteiger partial charge in [-0.05, 0) is 23.6 Å². The van der Waals surface area contributed by atoms with Gasteiger partial charge in [0.1, 0.15) is 0 Å². The van der Waals surface area contributed by atoms with Crippen molar-refractivity contribution in [2.75, 3.05) is 12.8 Å². The Morgan fingerprint density at radius 1 is 1.26 bits per heavy atom. The van der Waals surface area contributed by atoms with Crippen LogP contribution in [-0.2, 0) is 6.42 Å². The van der Waals surface area contributed by atoms with Crippen molar-refractivity contribution in [3.05, 3.63) is 63.7 Å². The summed E-state index contributed by atoms with van der Waals surface area (Å²) in [5, 5.41) is 10.9. The van der Waals surface area contributed by atoms with Crippen LogP contribution >= 0.6 is 0 Å². The molecular weight excluding hydrogens is 244 g/mol. The van der Waals surface area contributed by atoms with Gasteiger partial charge in [-0.15, -0.1) is 0 Å². The minimum absolute atomic E-state index is 0.114. The van der Waals surface area contributed by atoms with Crippen LogP contribution in [0.25, 0.3) is 0 Å². The van der Waals surface area contributed by atoms with E-state index < -0.39 is 4.92 Å². The Labute approximate surface area is 110 Å². The van der Waals surface area contributed by atoms with Crippen molar-refractivity contribution in [1.82, 2.24) is 0 Å². The molecule has 0 amide bonds. The fourth-order valence-corrected chi connectivity index (χ4v) is 1.90. The predicted octanol–water partition coefficient (Wildman–Crippen LogP) is 2.78. The van der Waals surface area contributed by atoms with E-state index in [1.807, 2.05) is 30.3 Å². The first-order valence-electron chi connectivity index (χ1n) is 5.76. The normalized spacial score (nSPS) is 10.2. The molecule has 0 saturated carbocycles. The summed E-state index contributed by atoms with van der Waals surface area (Å²) in [6.45, 7) is 0. The summed E-state index contributed by atoms with van der Waals surface area (Å²) in [6, 6.07) is 12.7. The Bertz CT molecular complexity index is 597. The molecule has 19 heavy (non-hydrogen) atoms. The maximum atomic E-state index is 10.9. The molecule has 2 N–H and O–H groups in total. The first-order chi connectivity index (χ1) is 9.11. The average Bonchev–Trinajstić information content (AvgIpc) is 2.41. The number of methoxy groups -OCH3 is 1. The molecule has 0 spiro atoms. The summed E-state index contributed by atoms with van der Waals surface area (Å²) >= 11 is 0. The molecule has 0 atom stereocenters. The Morgan fingerprint density at radius 3 is 2.53 bits per heavy atom. The molecule has 0 radical (unpaired) electrons. The van der Waals surface area contributed by atoms with Crippen LogP contribution < -0.4 is 10.5 Å². The monoisotopic (exact) mass is 258 g/mol. The lowest BCUT2D eigenvalue weighted by atomic mass is 10.0. The van der Waals surface area contributed by atoms with Crippen molar-refractivity contribution in [2.24, 2.45) is 0 Å². The first-order valence-corrected chi connectivity index (χ1v) is 5.76. The van der Waals surface area contributed by atoms with Gasteiger partial charge in [0.2, 0.25) is 0 Å². The molecule has 0 saturated heterocycles. The molecule has 0 unspecified atom stereocenters. The second-order valence-corrected chi connectivity index (χ2v) is 4.14. The van der Waals surface area contributed by atoms with E-state index in [0.29, 0.717) is 12.1 Å². The molecule has 2 aromatic rings. The molecule has 0 aliphatic heterocycles. The van der Waals surface area contributed by atoms with Crippen molar-refractivity contribution in [3.63, 3.8) is 0 Å². The fraction of sp³-hybridized carbons (Fsp3) is 0.143. The molecule has 5 heteroatoms. The lowest BCUT2D eigenvalue weighted by Gasteiger charge is -2.09. The van der Waals surface area contributed by atoms with Gasteiger partial charge < -0.3 is 10.5 Å². The van der Waals surface area contributed by atoms with E-state index in [0.717, 1.165) is 11.1 Å². The summed E-state index contributed by atoms with van der Waals surface area (Å²) in [6.07, 6.45) is 0.612. The summed E-state index contributed by atoms with van der Waals surface area (Å²) in [7, 11) is 1.41. The molecule has 0 bridgehead atoms. The van der Waals surface area contributed by atoms with Crippen molar-refractivity contribution >= 4 is 11.4 Å². The topological polar surface area (TPSA) is 78.4 Å². The predicted molar refractivity (Wildman–Crippen MR) is 73.3 cm³/mol. The van der Waals surface area contributed by atoms with E-state index in [1.54, 1.807) is 6.07 Å². The number of anilines is 1. The van der Waals surface area contributed by atoms with Crippen LogP contribution in [0.1, 0.15) is 11.1 Å². The van der Waals surface area contributed by atoms with Crippen molar-refractivity contribution in [2.45, 2.75) is 6.42 Å². The van der Waals surface area contributed by atoms with E-state index >= 15 is 0 Å². The maximum Gasteiger partial charge on any atom is 0.312 e. The summed E-state index contributed by atoms with van der Waals surface area (Å²) in [4.78, 5) is 10.4. The number of ether oxygens (including phenoxy) is 1. The number of nitro groups is 1. The van der Waals surface area contributed by atoms with E-state index in [-0.39, 0.29) is 11.4 Å². The van der Waals surface area contributed by atoms with Crippen molar-refractivity contribution in [1.29, 1.82) is 0 Å². The Balaban J connectivity index is 2.39. The molecule has 5 nitrogen and oxygen atoms in total. The highest BCUT2D eigenvalue weighted by molar-refractivity contribution is 5.62. The van der Waals surface area contributed by atoms with E-state index in [9.17, 15) is 10.1 Å². The van der Waals surface area contributed by atoms with Gasteiger partial charge in [-0.1, -0.05) is 30.3 Å². The van der Waals surface area contributed by atoms with Gasteiger partial charge in [0.05, 0.1) is 12.0 Å². The number of nitrogens with zero attached hydrogens (tertiary/aromatic N) is 1. The van der Waals surface area contributed by atoms with Gasteiger partial charge in [0.25, 0.3) is 0 Å². The third-order valence-electron chi connectivity index (χ3n) is 2.87. The van der Waals surface area contributed by atoms with Gasteiger partial charge in [-0.3, -0.25) is 10.1 Å². The van der Waals surface area contributed by atoms with Crippen LogP contribution in [0, 0.1) is 10.1 Å². The second kappa shape index (κ2) is 5.39. The molecule has 0 fully saturated rings.